The molecule has 0 saturated carbocycles. The van der Waals surface area contributed by atoms with Gasteiger partial charge >= 0.3 is 0 Å². The molecule has 0 atom stereocenters. The van der Waals surface area contributed by atoms with Gasteiger partial charge in [-0.05, 0) is 37.5 Å². The predicted molar refractivity (Wildman–Crippen MR) is 83.5 cm³/mol. The van der Waals surface area contributed by atoms with Gasteiger partial charge in [0.2, 0.25) is 5.91 Å². The zero-order valence-corrected chi connectivity index (χ0v) is 12.9. The van der Waals surface area contributed by atoms with Gasteiger partial charge in [-0.1, -0.05) is 19.9 Å². The highest BCUT2D eigenvalue weighted by molar-refractivity contribution is 8.00. The van der Waals surface area contributed by atoms with Gasteiger partial charge in [-0.3, -0.25) is 4.79 Å². The van der Waals surface area contributed by atoms with Gasteiger partial charge < -0.3 is 10.6 Å². The SMILES string of the molecule is CCCN(CCC)C(=O)CSc1cc(N)ccc1C. The highest BCUT2D eigenvalue weighted by Crippen LogP contribution is 2.24. The zero-order chi connectivity index (χ0) is 14.3. The molecule has 4 heteroatoms. The fourth-order valence-corrected chi connectivity index (χ4v) is 2.88. The van der Waals surface area contributed by atoms with E-state index in [0.717, 1.165) is 36.5 Å². The Balaban J connectivity index is 2.59. The van der Waals surface area contributed by atoms with Crippen LogP contribution in [0.25, 0.3) is 0 Å². The molecule has 1 aromatic rings. The van der Waals surface area contributed by atoms with E-state index in [9.17, 15) is 4.79 Å². The molecule has 0 aromatic heterocycles. The molecule has 1 rings (SSSR count). The molecule has 106 valence electrons. The summed E-state index contributed by atoms with van der Waals surface area (Å²) >= 11 is 1.58. The maximum atomic E-state index is 12.2. The number of thioether (sulfide) groups is 1. The van der Waals surface area contributed by atoms with E-state index in [1.54, 1.807) is 11.8 Å². The van der Waals surface area contributed by atoms with Gasteiger partial charge in [0, 0.05) is 23.7 Å². The van der Waals surface area contributed by atoms with Crippen LogP contribution in [0, 0.1) is 6.92 Å². The van der Waals surface area contributed by atoms with Crippen molar-refractivity contribution in [2.75, 3.05) is 24.6 Å². The van der Waals surface area contributed by atoms with E-state index >= 15 is 0 Å². The Morgan fingerprint density at radius 3 is 2.47 bits per heavy atom. The highest BCUT2D eigenvalue weighted by Gasteiger charge is 2.12. The lowest BCUT2D eigenvalue weighted by atomic mass is 10.2. The molecule has 0 saturated heterocycles. The van der Waals surface area contributed by atoms with Crippen LogP contribution in [0.4, 0.5) is 5.69 Å². The third kappa shape index (κ3) is 5.15. The maximum Gasteiger partial charge on any atom is 0.232 e. The fourth-order valence-electron chi connectivity index (χ4n) is 1.90. The fraction of sp³-hybridized carbons (Fsp3) is 0.533. The molecule has 0 unspecified atom stereocenters. The van der Waals surface area contributed by atoms with Crippen LogP contribution in [0.1, 0.15) is 32.3 Å². The number of nitrogens with two attached hydrogens (primary N) is 1. The molecule has 0 radical (unpaired) electrons. The zero-order valence-electron chi connectivity index (χ0n) is 12.1. The number of nitrogens with zero attached hydrogens (tertiary/aromatic N) is 1. The van der Waals surface area contributed by atoms with Crippen LogP contribution in [0.3, 0.4) is 0 Å². The smallest absolute Gasteiger partial charge is 0.232 e. The first-order valence-electron chi connectivity index (χ1n) is 6.85. The number of aryl methyl sites for hydroxylation is 1. The number of hydrogen-bond donors (Lipinski definition) is 1. The first-order valence-corrected chi connectivity index (χ1v) is 7.83. The number of benzene rings is 1. The summed E-state index contributed by atoms with van der Waals surface area (Å²) in [5.41, 5.74) is 7.70. The first kappa shape index (κ1) is 15.9. The molecule has 1 aromatic carbocycles. The lowest BCUT2D eigenvalue weighted by molar-refractivity contribution is -0.128. The Kier molecular flexibility index (Phi) is 6.78. The van der Waals surface area contributed by atoms with Crippen molar-refractivity contribution < 1.29 is 4.79 Å². The second kappa shape index (κ2) is 8.10. The summed E-state index contributed by atoms with van der Waals surface area (Å²) < 4.78 is 0. The summed E-state index contributed by atoms with van der Waals surface area (Å²) in [5, 5.41) is 0. The minimum Gasteiger partial charge on any atom is -0.399 e. The van der Waals surface area contributed by atoms with Gasteiger partial charge in [0.25, 0.3) is 0 Å². The summed E-state index contributed by atoms with van der Waals surface area (Å²) in [5.74, 6) is 0.708. The normalized spacial score (nSPS) is 10.5. The summed E-state index contributed by atoms with van der Waals surface area (Å²) in [7, 11) is 0. The predicted octanol–water partition coefficient (Wildman–Crippen LogP) is 3.32. The molecule has 2 N–H and O–H groups in total. The molecule has 0 aliphatic rings. The quantitative estimate of drug-likeness (QED) is 0.615. The van der Waals surface area contributed by atoms with Crippen molar-refractivity contribution in [2.24, 2.45) is 0 Å². The van der Waals surface area contributed by atoms with Gasteiger partial charge in [-0.15, -0.1) is 11.8 Å². The molecule has 0 bridgehead atoms. The highest BCUT2D eigenvalue weighted by atomic mass is 32.2. The lowest BCUT2D eigenvalue weighted by Crippen LogP contribution is -2.33. The van der Waals surface area contributed by atoms with E-state index < -0.39 is 0 Å². The summed E-state index contributed by atoms with van der Waals surface area (Å²) in [6.45, 7) is 7.95. The van der Waals surface area contributed by atoms with Crippen LogP contribution in [0.5, 0.6) is 0 Å². The number of rotatable bonds is 7. The number of amides is 1. The molecule has 0 fully saturated rings. The summed E-state index contributed by atoms with van der Waals surface area (Å²) in [4.78, 5) is 15.2. The lowest BCUT2D eigenvalue weighted by Gasteiger charge is -2.21. The van der Waals surface area contributed by atoms with Crippen molar-refractivity contribution in [1.29, 1.82) is 0 Å². The van der Waals surface area contributed by atoms with Crippen LogP contribution in [-0.4, -0.2) is 29.6 Å². The third-order valence-electron chi connectivity index (χ3n) is 2.90. The van der Waals surface area contributed by atoms with E-state index in [1.807, 2.05) is 30.0 Å². The topological polar surface area (TPSA) is 46.3 Å². The number of nitrogen functional groups attached to an aromatic ring is 1. The van der Waals surface area contributed by atoms with Crippen LogP contribution in [-0.2, 0) is 4.79 Å². The number of hydrogen-bond acceptors (Lipinski definition) is 3. The van der Waals surface area contributed by atoms with Crippen molar-refractivity contribution in [2.45, 2.75) is 38.5 Å². The Morgan fingerprint density at radius 2 is 1.89 bits per heavy atom. The van der Waals surface area contributed by atoms with Gasteiger partial charge in [0.1, 0.15) is 0 Å². The van der Waals surface area contributed by atoms with Crippen LogP contribution in [0.15, 0.2) is 23.1 Å². The van der Waals surface area contributed by atoms with E-state index in [2.05, 4.69) is 13.8 Å². The molecule has 1 amide bonds. The first-order chi connectivity index (χ1) is 9.08. The Bertz CT molecular complexity index is 415. The second-order valence-corrected chi connectivity index (χ2v) is 5.71. The van der Waals surface area contributed by atoms with E-state index in [0.29, 0.717) is 5.75 Å². The molecule has 0 spiro atoms. The summed E-state index contributed by atoms with van der Waals surface area (Å²) in [6, 6.07) is 5.83. The van der Waals surface area contributed by atoms with Crippen molar-refractivity contribution in [3.63, 3.8) is 0 Å². The average molecular weight is 280 g/mol. The Morgan fingerprint density at radius 1 is 1.26 bits per heavy atom. The van der Waals surface area contributed by atoms with Gasteiger partial charge in [-0.2, -0.15) is 0 Å². The molecule has 19 heavy (non-hydrogen) atoms. The Hall–Kier alpha value is -1.16. The van der Waals surface area contributed by atoms with Crippen LogP contribution in [0.2, 0.25) is 0 Å². The number of carbonyl (C=O) groups excluding carboxylic acids is 1. The minimum atomic E-state index is 0.218. The monoisotopic (exact) mass is 280 g/mol. The van der Waals surface area contributed by atoms with E-state index in [4.69, 9.17) is 5.73 Å². The molecule has 0 heterocycles. The van der Waals surface area contributed by atoms with Crippen molar-refractivity contribution in [3.8, 4) is 0 Å². The van der Waals surface area contributed by atoms with Crippen molar-refractivity contribution in [3.05, 3.63) is 23.8 Å². The third-order valence-corrected chi connectivity index (χ3v) is 4.05. The standard InChI is InChI=1S/C15H24N2OS/c1-4-8-17(9-5-2)15(18)11-19-14-10-13(16)7-6-12(14)3/h6-7,10H,4-5,8-9,11,16H2,1-3H3. The number of carbonyl (C=O) groups is 1. The molecule has 0 aliphatic carbocycles. The molecular formula is C15H24N2OS. The van der Waals surface area contributed by atoms with Crippen molar-refractivity contribution in [1.82, 2.24) is 4.90 Å². The summed E-state index contributed by atoms with van der Waals surface area (Å²) in [6.07, 6.45) is 2.02. The number of anilines is 1. The average Bonchev–Trinajstić information content (AvgIpc) is 2.39. The minimum absolute atomic E-state index is 0.218. The Labute approximate surface area is 120 Å². The van der Waals surface area contributed by atoms with Crippen molar-refractivity contribution >= 4 is 23.4 Å². The van der Waals surface area contributed by atoms with E-state index in [-0.39, 0.29) is 5.91 Å². The molecular weight excluding hydrogens is 256 g/mol. The van der Waals surface area contributed by atoms with Gasteiger partial charge in [0.05, 0.1) is 5.75 Å². The molecule has 0 aliphatic heterocycles. The van der Waals surface area contributed by atoms with Crippen LogP contribution >= 0.6 is 11.8 Å². The molecule has 3 nitrogen and oxygen atoms in total. The van der Waals surface area contributed by atoms with Crippen LogP contribution < -0.4 is 5.73 Å². The largest absolute Gasteiger partial charge is 0.399 e. The van der Waals surface area contributed by atoms with Gasteiger partial charge in [0.15, 0.2) is 0 Å². The van der Waals surface area contributed by atoms with E-state index in [1.165, 1.54) is 5.56 Å². The second-order valence-electron chi connectivity index (χ2n) is 4.69. The maximum absolute atomic E-state index is 12.2. The van der Waals surface area contributed by atoms with Gasteiger partial charge in [-0.25, -0.2) is 0 Å².